The number of benzene rings is 1. The molecule has 1 saturated heterocycles. The van der Waals surface area contributed by atoms with E-state index in [2.05, 4.69) is 20.4 Å². The van der Waals surface area contributed by atoms with Crippen molar-refractivity contribution in [3.8, 4) is 11.4 Å². The number of nitrogens with one attached hydrogen (secondary N) is 1. The second kappa shape index (κ2) is 6.63. The topological polar surface area (TPSA) is 97.3 Å². The molecule has 116 valence electrons. The Morgan fingerprint density at radius 1 is 1.36 bits per heavy atom. The van der Waals surface area contributed by atoms with Gasteiger partial charge in [0, 0.05) is 30.8 Å². The molecule has 0 unspecified atom stereocenters. The fraction of sp³-hybridized carbons (Fsp3) is 0.429. The van der Waals surface area contributed by atoms with Gasteiger partial charge in [-0.15, -0.1) is 0 Å². The number of hydrogen-bond donors (Lipinski definition) is 1. The smallest absolute Gasteiger partial charge is 0.270 e. The van der Waals surface area contributed by atoms with E-state index in [4.69, 9.17) is 4.52 Å². The van der Waals surface area contributed by atoms with Crippen LogP contribution in [0.5, 0.6) is 0 Å². The lowest BCUT2D eigenvalue weighted by molar-refractivity contribution is -0.384. The molecule has 2 aromatic rings. The van der Waals surface area contributed by atoms with Gasteiger partial charge in [-0.1, -0.05) is 17.3 Å². The van der Waals surface area contributed by atoms with Crippen LogP contribution in [0.2, 0.25) is 0 Å². The van der Waals surface area contributed by atoms with Crippen molar-refractivity contribution in [1.29, 1.82) is 0 Å². The van der Waals surface area contributed by atoms with Crippen LogP contribution in [0.1, 0.15) is 12.3 Å². The molecule has 0 radical (unpaired) electrons. The molecule has 0 spiro atoms. The van der Waals surface area contributed by atoms with Gasteiger partial charge >= 0.3 is 0 Å². The Bertz CT molecular complexity index is 649. The van der Waals surface area contributed by atoms with Crippen molar-refractivity contribution in [3.05, 3.63) is 40.3 Å². The summed E-state index contributed by atoms with van der Waals surface area (Å²) < 4.78 is 5.27. The Hall–Kier alpha value is -2.32. The lowest BCUT2D eigenvalue weighted by Crippen LogP contribution is -2.27. The zero-order valence-corrected chi connectivity index (χ0v) is 12.1. The highest BCUT2D eigenvalue weighted by Crippen LogP contribution is 2.21. The van der Waals surface area contributed by atoms with Crippen LogP contribution in [-0.4, -0.2) is 46.1 Å². The fourth-order valence-electron chi connectivity index (χ4n) is 2.45. The van der Waals surface area contributed by atoms with Crippen molar-refractivity contribution >= 4 is 5.69 Å². The standard InChI is InChI=1S/C14H17N5O3/c20-19(21)12-4-1-3-11(9-12)14-16-13(22-17-14)10-18-7-2-5-15-6-8-18/h1,3-4,9,15H,2,5-8,10H2. The van der Waals surface area contributed by atoms with Gasteiger partial charge in [-0.3, -0.25) is 15.0 Å². The molecule has 8 nitrogen and oxygen atoms in total. The average molecular weight is 303 g/mol. The number of non-ortho nitro benzene ring substituents is 1. The van der Waals surface area contributed by atoms with Gasteiger partial charge in [-0.05, 0) is 19.5 Å². The summed E-state index contributed by atoms with van der Waals surface area (Å²) in [4.78, 5) is 17.0. The summed E-state index contributed by atoms with van der Waals surface area (Å²) in [6.07, 6.45) is 1.09. The monoisotopic (exact) mass is 303 g/mol. The van der Waals surface area contributed by atoms with E-state index in [9.17, 15) is 10.1 Å². The highest BCUT2D eigenvalue weighted by Gasteiger charge is 2.15. The van der Waals surface area contributed by atoms with Crippen LogP contribution in [0.3, 0.4) is 0 Å². The van der Waals surface area contributed by atoms with Crippen LogP contribution < -0.4 is 5.32 Å². The molecule has 3 rings (SSSR count). The highest BCUT2D eigenvalue weighted by atomic mass is 16.6. The molecule has 1 fully saturated rings. The summed E-state index contributed by atoms with van der Waals surface area (Å²) in [5, 5.41) is 18.1. The van der Waals surface area contributed by atoms with E-state index in [1.807, 2.05) is 0 Å². The van der Waals surface area contributed by atoms with Gasteiger partial charge in [0.25, 0.3) is 5.69 Å². The first-order valence-corrected chi connectivity index (χ1v) is 7.23. The average Bonchev–Trinajstić information content (AvgIpc) is 2.83. The van der Waals surface area contributed by atoms with E-state index in [0.717, 1.165) is 32.6 Å². The normalized spacial score (nSPS) is 16.4. The minimum atomic E-state index is -0.436. The summed E-state index contributed by atoms with van der Waals surface area (Å²) in [6.45, 7) is 4.50. The Balaban J connectivity index is 1.73. The van der Waals surface area contributed by atoms with Gasteiger partial charge < -0.3 is 9.84 Å². The molecular formula is C14H17N5O3. The molecule has 1 aromatic carbocycles. The van der Waals surface area contributed by atoms with Crippen molar-refractivity contribution < 1.29 is 9.45 Å². The fourth-order valence-corrected chi connectivity index (χ4v) is 2.45. The molecule has 22 heavy (non-hydrogen) atoms. The molecule has 0 aliphatic carbocycles. The molecule has 1 N–H and O–H groups in total. The van der Waals surface area contributed by atoms with Crippen molar-refractivity contribution in [2.75, 3.05) is 26.2 Å². The summed E-state index contributed by atoms with van der Waals surface area (Å²) >= 11 is 0. The van der Waals surface area contributed by atoms with Crippen LogP contribution in [-0.2, 0) is 6.54 Å². The van der Waals surface area contributed by atoms with E-state index >= 15 is 0 Å². The SMILES string of the molecule is O=[N+]([O-])c1cccc(-c2noc(CN3CCCNCC3)n2)c1. The first kappa shape index (κ1) is 14.6. The van der Waals surface area contributed by atoms with Crippen molar-refractivity contribution in [1.82, 2.24) is 20.4 Å². The molecule has 0 atom stereocenters. The first-order valence-electron chi connectivity index (χ1n) is 7.23. The second-order valence-corrected chi connectivity index (χ2v) is 5.20. The van der Waals surface area contributed by atoms with Gasteiger partial charge in [-0.25, -0.2) is 0 Å². The van der Waals surface area contributed by atoms with Crippen LogP contribution in [0.4, 0.5) is 5.69 Å². The van der Waals surface area contributed by atoms with E-state index in [1.165, 1.54) is 12.1 Å². The van der Waals surface area contributed by atoms with E-state index in [0.29, 0.717) is 23.8 Å². The Labute approximate surface area is 127 Å². The van der Waals surface area contributed by atoms with Crippen LogP contribution in [0.25, 0.3) is 11.4 Å². The Morgan fingerprint density at radius 3 is 3.14 bits per heavy atom. The van der Waals surface area contributed by atoms with Gasteiger partial charge in [0.1, 0.15) is 0 Å². The van der Waals surface area contributed by atoms with E-state index in [-0.39, 0.29) is 5.69 Å². The van der Waals surface area contributed by atoms with Gasteiger partial charge in [0.2, 0.25) is 11.7 Å². The third-order valence-corrected chi connectivity index (χ3v) is 3.57. The molecule has 1 aromatic heterocycles. The van der Waals surface area contributed by atoms with Gasteiger partial charge in [0.05, 0.1) is 11.5 Å². The predicted molar refractivity (Wildman–Crippen MR) is 79.2 cm³/mol. The van der Waals surface area contributed by atoms with Gasteiger partial charge in [-0.2, -0.15) is 4.98 Å². The summed E-state index contributed by atoms with van der Waals surface area (Å²) in [5.41, 5.74) is 0.601. The molecule has 2 heterocycles. The zero-order chi connectivity index (χ0) is 15.4. The Morgan fingerprint density at radius 2 is 2.27 bits per heavy atom. The van der Waals surface area contributed by atoms with Crippen molar-refractivity contribution in [2.45, 2.75) is 13.0 Å². The maximum atomic E-state index is 10.8. The van der Waals surface area contributed by atoms with Crippen LogP contribution in [0, 0.1) is 10.1 Å². The maximum absolute atomic E-state index is 10.8. The molecular weight excluding hydrogens is 286 g/mol. The molecule has 1 aliphatic rings. The van der Waals surface area contributed by atoms with Crippen molar-refractivity contribution in [2.24, 2.45) is 0 Å². The van der Waals surface area contributed by atoms with E-state index < -0.39 is 4.92 Å². The lowest BCUT2D eigenvalue weighted by atomic mass is 10.2. The number of nitro groups is 1. The highest BCUT2D eigenvalue weighted by molar-refractivity contribution is 5.58. The minimum Gasteiger partial charge on any atom is -0.338 e. The predicted octanol–water partition coefficient (Wildman–Crippen LogP) is 1.44. The quantitative estimate of drug-likeness (QED) is 0.674. The van der Waals surface area contributed by atoms with Crippen LogP contribution in [0.15, 0.2) is 28.8 Å². The Kier molecular flexibility index (Phi) is 4.40. The van der Waals surface area contributed by atoms with Crippen molar-refractivity contribution in [3.63, 3.8) is 0 Å². The summed E-state index contributed by atoms with van der Waals surface area (Å²) in [5.74, 6) is 0.912. The molecule has 8 heteroatoms. The number of aromatic nitrogens is 2. The zero-order valence-electron chi connectivity index (χ0n) is 12.1. The van der Waals surface area contributed by atoms with E-state index in [1.54, 1.807) is 12.1 Å². The number of rotatable bonds is 4. The maximum Gasteiger partial charge on any atom is 0.270 e. The number of hydrogen-bond acceptors (Lipinski definition) is 7. The summed E-state index contributed by atoms with van der Waals surface area (Å²) in [7, 11) is 0. The largest absolute Gasteiger partial charge is 0.338 e. The molecule has 0 bridgehead atoms. The molecule has 1 aliphatic heterocycles. The molecule has 0 saturated carbocycles. The summed E-state index contributed by atoms with van der Waals surface area (Å²) in [6, 6.07) is 6.24. The van der Waals surface area contributed by atoms with Crippen LogP contribution >= 0.6 is 0 Å². The third kappa shape index (κ3) is 3.46. The third-order valence-electron chi connectivity index (χ3n) is 3.57. The number of nitrogens with zero attached hydrogens (tertiary/aromatic N) is 4. The molecule has 0 amide bonds. The first-order chi connectivity index (χ1) is 10.7. The lowest BCUT2D eigenvalue weighted by Gasteiger charge is -2.16. The van der Waals surface area contributed by atoms with Gasteiger partial charge in [0.15, 0.2) is 0 Å². The second-order valence-electron chi connectivity index (χ2n) is 5.20. The minimum absolute atomic E-state index is 0.0162. The number of nitro benzene ring substituents is 1.